The zero-order chi connectivity index (χ0) is 16.0. The molecule has 23 heavy (non-hydrogen) atoms. The van der Waals surface area contributed by atoms with Crippen LogP contribution >= 0.6 is 11.3 Å². The first-order chi connectivity index (χ1) is 11.0. The first-order valence-corrected chi connectivity index (χ1v) is 9.73. The Morgan fingerprint density at radius 1 is 1.00 bits per heavy atom. The van der Waals surface area contributed by atoms with E-state index in [1.54, 1.807) is 15.9 Å². The summed E-state index contributed by atoms with van der Waals surface area (Å²) in [6.07, 6.45) is 1.18. The molecule has 0 spiro atoms. The fourth-order valence-corrected chi connectivity index (χ4v) is 4.40. The van der Waals surface area contributed by atoms with Gasteiger partial charge in [-0.3, -0.25) is 0 Å². The lowest BCUT2D eigenvalue weighted by Crippen LogP contribution is -2.10. The molecule has 0 aliphatic rings. The molecule has 0 fully saturated rings. The second kappa shape index (κ2) is 5.14. The van der Waals surface area contributed by atoms with E-state index < -0.39 is 9.84 Å². The number of aromatic nitrogens is 3. The lowest BCUT2D eigenvalue weighted by atomic mass is 10.3. The average Bonchev–Trinajstić information content (AvgIpc) is 3.08. The lowest BCUT2D eigenvalue weighted by molar-refractivity contribution is 0.581. The van der Waals surface area contributed by atoms with Crippen molar-refractivity contribution in [2.75, 3.05) is 6.26 Å². The van der Waals surface area contributed by atoms with Crippen LogP contribution in [0.4, 0.5) is 0 Å². The number of nitrogens with zero attached hydrogens (tertiary/aromatic N) is 3. The van der Waals surface area contributed by atoms with E-state index in [0.717, 1.165) is 20.7 Å². The molecule has 116 valence electrons. The van der Waals surface area contributed by atoms with Crippen LogP contribution in [0.5, 0.6) is 0 Å². The molecular formula is C16H13N3O2S2. The van der Waals surface area contributed by atoms with Crippen LogP contribution in [0.1, 0.15) is 5.01 Å². The van der Waals surface area contributed by atoms with Crippen LogP contribution in [-0.2, 0) is 16.4 Å². The Bertz CT molecular complexity index is 1090. The highest BCUT2D eigenvalue weighted by Crippen LogP contribution is 2.25. The summed E-state index contributed by atoms with van der Waals surface area (Å²) in [6, 6.07) is 15.3. The summed E-state index contributed by atoms with van der Waals surface area (Å²) < 4.78 is 27.0. The summed E-state index contributed by atoms with van der Waals surface area (Å²) in [5, 5.41) is 0.942. The van der Waals surface area contributed by atoms with Gasteiger partial charge in [0.2, 0.25) is 15.0 Å². The van der Waals surface area contributed by atoms with E-state index in [0.29, 0.717) is 12.1 Å². The van der Waals surface area contributed by atoms with Crippen molar-refractivity contribution in [2.24, 2.45) is 0 Å². The minimum Gasteiger partial charge on any atom is -0.308 e. The van der Waals surface area contributed by atoms with Gasteiger partial charge in [-0.05, 0) is 24.3 Å². The molecule has 0 saturated heterocycles. The quantitative estimate of drug-likeness (QED) is 0.573. The first-order valence-electron chi connectivity index (χ1n) is 7.02. The van der Waals surface area contributed by atoms with Crippen molar-refractivity contribution in [2.45, 2.75) is 11.7 Å². The molecule has 0 saturated carbocycles. The summed E-state index contributed by atoms with van der Waals surface area (Å²) in [4.78, 5) is 8.88. The van der Waals surface area contributed by atoms with Crippen molar-refractivity contribution in [3.8, 4) is 0 Å². The topological polar surface area (TPSA) is 64.8 Å². The molecule has 0 N–H and O–H groups in total. The third kappa shape index (κ3) is 2.51. The molecule has 0 atom stereocenters. The van der Waals surface area contributed by atoms with Crippen molar-refractivity contribution in [1.29, 1.82) is 0 Å². The Kier molecular flexibility index (Phi) is 3.21. The van der Waals surface area contributed by atoms with Crippen molar-refractivity contribution in [3.63, 3.8) is 0 Å². The normalized spacial score (nSPS) is 12.2. The van der Waals surface area contributed by atoms with Gasteiger partial charge in [0.25, 0.3) is 0 Å². The highest BCUT2D eigenvalue weighted by Gasteiger charge is 2.20. The summed E-state index contributed by atoms with van der Waals surface area (Å²) in [5.41, 5.74) is 2.40. The first kappa shape index (κ1) is 14.3. The number of thiazole rings is 1. The summed E-state index contributed by atoms with van der Waals surface area (Å²) in [7, 11) is -3.42. The molecule has 2 aromatic heterocycles. The van der Waals surface area contributed by atoms with Gasteiger partial charge in [0.05, 0.1) is 27.8 Å². The van der Waals surface area contributed by atoms with E-state index >= 15 is 0 Å². The third-order valence-electron chi connectivity index (χ3n) is 3.58. The Labute approximate surface area is 137 Å². The van der Waals surface area contributed by atoms with Crippen LogP contribution in [0.3, 0.4) is 0 Å². The number of rotatable bonds is 3. The number of fused-ring (bicyclic) bond motifs is 2. The molecule has 0 amide bonds. The van der Waals surface area contributed by atoms with Gasteiger partial charge in [0, 0.05) is 6.26 Å². The van der Waals surface area contributed by atoms with Gasteiger partial charge in [-0.1, -0.05) is 24.3 Å². The van der Waals surface area contributed by atoms with Crippen molar-refractivity contribution < 1.29 is 8.42 Å². The summed E-state index contributed by atoms with van der Waals surface area (Å²) in [5.74, 6) is 0. The molecule has 7 heteroatoms. The van der Waals surface area contributed by atoms with E-state index in [2.05, 4.69) is 9.97 Å². The molecule has 2 heterocycles. The predicted octanol–water partition coefficient (Wildman–Crippen LogP) is 3.10. The highest BCUT2D eigenvalue weighted by molar-refractivity contribution is 7.90. The summed E-state index contributed by atoms with van der Waals surface area (Å²) >= 11 is 1.57. The van der Waals surface area contributed by atoms with Crippen LogP contribution < -0.4 is 0 Å². The van der Waals surface area contributed by atoms with Crippen LogP contribution in [0.25, 0.3) is 21.3 Å². The van der Waals surface area contributed by atoms with Crippen LogP contribution in [0, 0.1) is 0 Å². The molecule has 0 bridgehead atoms. The Balaban J connectivity index is 1.90. The molecule has 2 aromatic carbocycles. The van der Waals surface area contributed by atoms with Crippen LogP contribution in [0.15, 0.2) is 53.7 Å². The van der Waals surface area contributed by atoms with Gasteiger partial charge in [0.15, 0.2) is 0 Å². The second-order valence-corrected chi connectivity index (χ2v) is 8.34. The van der Waals surface area contributed by atoms with E-state index in [1.165, 1.54) is 6.26 Å². The number of imidazole rings is 1. The minimum absolute atomic E-state index is 0.0814. The van der Waals surface area contributed by atoms with Gasteiger partial charge in [0.1, 0.15) is 5.01 Å². The summed E-state index contributed by atoms with van der Waals surface area (Å²) in [6.45, 7) is 0.391. The average molecular weight is 343 g/mol. The van der Waals surface area contributed by atoms with E-state index in [9.17, 15) is 8.42 Å². The van der Waals surface area contributed by atoms with Gasteiger partial charge >= 0.3 is 0 Å². The molecule has 0 radical (unpaired) electrons. The maximum atomic E-state index is 12.1. The molecule has 0 aliphatic heterocycles. The van der Waals surface area contributed by atoms with Gasteiger partial charge < -0.3 is 4.57 Å². The Morgan fingerprint density at radius 2 is 1.70 bits per heavy atom. The minimum atomic E-state index is -3.42. The van der Waals surface area contributed by atoms with Crippen LogP contribution in [-0.4, -0.2) is 29.2 Å². The largest absolute Gasteiger partial charge is 0.308 e. The lowest BCUT2D eigenvalue weighted by Gasteiger charge is -2.05. The van der Waals surface area contributed by atoms with Crippen molar-refractivity contribution >= 4 is 42.4 Å². The standard InChI is InChI=1S/C16H13N3O2S2/c1-23(20,21)16-18-11-6-2-4-8-13(11)19(16)10-15-17-12-7-3-5-9-14(12)22-15/h2-9H,10H2,1H3. The number of hydrogen-bond acceptors (Lipinski definition) is 5. The maximum absolute atomic E-state index is 12.1. The zero-order valence-corrected chi connectivity index (χ0v) is 13.9. The molecule has 0 aliphatic carbocycles. The molecular weight excluding hydrogens is 330 g/mol. The molecule has 0 unspecified atom stereocenters. The zero-order valence-electron chi connectivity index (χ0n) is 12.3. The monoisotopic (exact) mass is 343 g/mol. The number of sulfone groups is 1. The van der Waals surface area contributed by atoms with E-state index in [4.69, 9.17) is 0 Å². The van der Waals surface area contributed by atoms with E-state index in [-0.39, 0.29) is 5.16 Å². The number of hydrogen-bond donors (Lipinski definition) is 0. The number of benzene rings is 2. The Hall–Kier alpha value is -2.25. The molecule has 4 rings (SSSR count). The SMILES string of the molecule is CS(=O)(=O)c1nc2ccccc2n1Cc1nc2ccccc2s1. The fraction of sp³-hybridized carbons (Fsp3) is 0.125. The molecule has 5 nitrogen and oxygen atoms in total. The van der Waals surface area contributed by atoms with Crippen molar-refractivity contribution in [1.82, 2.24) is 14.5 Å². The van der Waals surface area contributed by atoms with E-state index in [1.807, 2.05) is 48.5 Å². The smallest absolute Gasteiger partial charge is 0.228 e. The van der Waals surface area contributed by atoms with Crippen molar-refractivity contribution in [3.05, 3.63) is 53.5 Å². The second-order valence-electron chi connectivity index (χ2n) is 5.32. The predicted molar refractivity (Wildman–Crippen MR) is 91.6 cm³/mol. The van der Waals surface area contributed by atoms with Crippen LogP contribution in [0.2, 0.25) is 0 Å². The fourth-order valence-electron chi connectivity index (χ4n) is 2.61. The van der Waals surface area contributed by atoms with Gasteiger partial charge in [-0.25, -0.2) is 18.4 Å². The Morgan fingerprint density at radius 3 is 2.43 bits per heavy atom. The maximum Gasteiger partial charge on any atom is 0.228 e. The third-order valence-corrected chi connectivity index (χ3v) is 5.58. The highest BCUT2D eigenvalue weighted by atomic mass is 32.2. The molecule has 4 aromatic rings. The van der Waals surface area contributed by atoms with Gasteiger partial charge in [-0.2, -0.15) is 0 Å². The number of para-hydroxylation sites is 3. The van der Waals surface area contributed by atoms with Gasteiger partial charge in [-0.15, -0.1) is 11.3 Å².